The van der Waals surface area contributed by atoms with E-state index in [4.69, 9.17) is 15.2 Å². The third-order valence-electron chi connectivity index (χ3n) is 4.92. The summed E-state index contributed by atoms with van der Waals surface area (Å²) in [4.78, 5) is 34.8. The number of urea groups is 1. The second kappa shape index (κ2) is 10.2. The van der Waals surface area contributed by atoms with Crippen molar-refractivity contribution in [3.8, 4) is 11.1 Å². The number of ether oxygens (including phenoxy) is 2. The molecular formula is C24H28N4O5. The second-order valence-electron chi connectivity index (χ2n) is 8.59. The average molecular weight is 453 g/mol. The van der Waals surface area contributed by atoms with Crippen molar-refractivity contribution in [2.75, 3.05) is 0 Å². The standard InChI is InChI=1S/C24H28N4O5/c1-24(2,3)33-21(27-28-22(25)30)20(11-12-29)26-23(31)32-14-16-8-6-10-18-17-9-5-4-7-15(17)13-19(16)18/h4-10,12,20H,11,13-14H2,1-3H3,(H,26,31)(H3,25,28,30). The van der Waals surface area contributed by atoms with E-state index in [1.807, 2.05) is 24.3 Å². The van der Waals surface area contributed by atoms with Gasteiger partial charge in [0.1, 0.15) is 24.5 Å². The molecule has 2 aromatic rings. The predicted octanol–water partition coefficient (Wildman–Crippen LogP) is 3.24. The molecule has 3 amide bonds. The van der Waals surface area contributed by atoms with Gasteiger partial charge in [-0.3, -0.25) is 0 Å². The van der Waals surface area contributed by atoms with E-state index in [2.05, 4.69) is 34.0 Å². The van der Waals surface area contributed by atoms with Crippen LogP contribution in [0.2, 0.25) is 0 Å². The van der Waals surface area contributed by atoms with E-state index < -0.39 is 23.8 Å². The molecule has 2 aromatic carbocycles. The lowest BCUT2D eigenvalue weighted by atomic mass is 10.0. The summed E-state index contributed by atoms with van der Waals surface area (Å²) in [6, 6.07) is 12.2. The van der Waals surface area contributed by atoms with Gasteiger partial charge in [0.05, 0.1) is 0 Å². The minimum Gasteiger partial charge on any atom is -0.473 e. The number of amides is 3. The fourth-order valence-electron chi connectivity index (χ4n) is 3.60. The first-order chi connectivity index (χ1) is 15.7. The van der Waals surface area contributed by atoms with E-state index >= 15 is 0 Å². The Balaban J connectivity index is 1.70. The molecule has 0 aromatic heterocycles. The van der Waals surface area contributed by atoms with Gasteiger partial charge in [-0.25, -0.2) is 15.0 Å². The molecule has 9 heteroatoms. The normalized spacial score (nSPS) is 13.4. The highest BCUT2D eigenvalue weighted by Gasteiger charge is 2.26. The first-order valence-electron chi connectivity index (χ1n) is 10.6. The van der Waals surface area contributed by atoms with Crippen molar-refractivity contribution < 1.29 is 23.9 Å². The summed E-state index contributed by atoms with van der Waals surface area (Å²) < 4.78 is 11.2. The molecule has 4 N–H and O–H groups in total. The quantitative estimate of drug-likeness (QED) is 0.219. The Bertz CT molecular complexity index is 1070. The fourth-order valence-corrected chi connectivity index (χ4v) is 3.60. The van der Waals surface area contributed by atoms with Crippen LogP contribution in [0.3, 0.4) is 0 Å². The van der Waals surface area contributed by atoms with Gasteiger partial charge >= 0.3 is 12.1 Å². The lowest BCUT2D eigenvalue weighted by Gasteiger charge is -2.26. The van der Waals surface area contributed by atoms with Crippen LogP contribution < -0.4 is 16.5 Å². The maximum Gasteiger partial charge on any atom is 0.408 e. The summed E-state index contributed by atoms with van der Waals surface area (Å²) in [6.07, 6.45) is 0.493. The van der Waals surface area contributed by atoms with Crippen LogP contribution in [0.4, 0.5) is 9.59 Å². The molecule has 0 bridgehead atoms. The van der Waals surface area contributed by atoms with E-state index in [1.165, 1.54) is 11.1 Å². The monoisotopic (exact) mass is 452 g/mol. The largest absolute Gasteiger partial charge is 0.473 e. The SMILES string of the molecule is CC(C)(C)OC(=NNC(N)=O)C(CC=O)NC(=O)OCc1cccc2c1Cc1ccccc1-2. The number of aldehydes is 1. The van der Waals surface area contributed by atoms with Crippen LogP contribution in [-0.4, -0.2) is 36.0 Å². The third-order valence-corrected chi connectivity index (χ3v) is 4.92. The van der Waals surface area contributed by atoms with Crippen LogP contribution in [0.5, 0.6) is 0 Å². The zero-order valence-corrected chi connectivity index (χ0v) is 18.9. The van der Waals surface area contributed by atoms with Crippen LogP contribution in [0, 0.1) is 0 Å². The van der Waals surface area contributed by atoms with Crippen molar-refractivity contribution in [2.24, 2.45) is 10.8 Å². The number of hydrogen-bond acceptors (Lipinski definition) is 6. The fraction of sp³-hybridized carbons (Fsp3) is 0.333. The van der Waals surface area contributed by atoms with Crippen LogP contribution in [0.25, 0.3) is 11.1 Å². The van der Waals surface area contributed by atoms with Crippen molar-refractivity contribution in [3.63, 3.8) is 0 Å². The number of alkyl carbamates (subject to hydrolysis) is 1. The Morgan fingerprint density at radius 3 is 2.58 bits per heavy atom. The minimum atomic E-state index is -0.952. The number of rotatable bonds is 7. The highest BCUT2D eigenvalue weighted by Crippen LogP contribution is 2.38. The maximum absolute atomic E-state index is 12.6. The number of benzene rings is 2. The molecule has 0 saturated carbocycles. The number of nitrogens with zero attached hydrogens (tertiary/aromatic N) is 1. The van der Waals surface area contributed by atoms with Gasteiger partial charge in [0.2, 0.25) is 5.90 Å². The van der Waals surface area contributed by atoms with Gasteiger partial charge in [-0.1, -0.05) is 42.5 Å². The lowest BCUT2D eigenvalue weighted by molar-refractivity contribution is -0.108. The predicted molar refractivity (Wildman–Crippen MR) is 123 cm³/mol. The topological polar surface area (TPSA) is 132 Å². The molecule has 9 nitrogen and oxygen atoms in total. The number of nitrogens with one attached hydrogen (secondary N) is 2. The Hall–Kier alpha value is -3.88. The van der Waals surface area contributed by atoms with Gasteiger partial charge in [0, 0.05) is 6.42 Å². The van der Waals surface area contributed by atoms with E-state index in [-0.39, 0.29) is 18.9 Å². The zero-order valence-electron chi connectivity index (χ0n) is 18.9. The van der Waals surface area contributed by atoms with Gasteiger partial charge < -0.3 is 25.3 Å². The van der Waals surface area contributed by atoms with E-state index in [9.17, 15) is 14.4 Å². The van der Waals surface area contributed by atoms with Gasteiger partial charge in [0.15, 0.2) is 0 Å². The Kier molecular flexibility index (Phi) is 7.32. The van der Waals surface area contributed by atoms with E-state index in [1.54, 1.807) is 20.8 Å². The van der Waals surface area contributed by atoms with Crippen molar-refractivity contribution in [1.29, 1.82) is 0 Å². The van der Waals surface area contributed by atoms with Crippen molar-refractivity contribution in [2.45, 2.75) is 51.9 Å². The molecule has 0 radical (unpaired) electrons. The first-order valence-corrected chi connectivity index (χ1v) is 10.6. The molecule has 1 unspecified atom stereocenters. The van der Waals surface area contributed by atoms with Crippen molar-refractivity contribution in [3.05, 3.63) is 59.2 Å². The van der Waals surface area contributed by atoms with Crippen molar-refractivity contribution >= 4 is 24.3 Å². The van der Waals surface area contributed by atoms with Gasteiger partial charge in [0.25, 0.3) is 0 Å². The smallest absolute Gasteiger partial charge is 0.408 e. The minimum absolute atomic E-state index is 0.0585. The van der Waals surface area contributed by atoms with Gasteiger partial charge in [-0.05, 0) is 55.0 Å². The molecule has 174 valence electrons. The number of hydrazone groups is 1. The number of primary amides is 1. The molecule has 0 fully saturated rings. The highest BCUT2D eigenvalue weighted by atomic mass is 16.5. The Morgan fingerprint density at radius 2 is 1.88 bits per heavy atom. The second-order valence-corrected chi connectivity index (χ2v) is 8.59. The van der Waals surface area contributed by atoms with Crippen molar-refractivity contribution in [1.82, 2.24) is 10.7 Å². The zero-order chi connectivity index (χ0) is 24.0. The summed E-state index contributed by atoms with van der Waals surface area (Å²) in [5, 5.41) is 6.39. The summed E-state index contributed by atoms with van der Waals surface area (Å²) in [6.45, 7) is 5.34. The Morgan fingerprint density at radius 1 is 1.15 bits per heavy atom. The van der Waals surface area contributed by atoms with Crippen LogP contribution in [-0.2, 0) is 27.3 Å². The highest BCUT2D eigenvalue weighted by molar-refractivity contribution is 5.89. The number of carbonyl (C=O) groups excluding carboxylic acids is 3. The Labute approximate surface area is 192 Å². The molecule has 33 heavy (non-hydrogen) atoms. The summed E-state index contributed by atoms with van der Waals surface area (Å²) in [7, 11) is 0. The number of carbonyl (C=O) groups is 3. The molecule has 1 atom stereocenters. The molecular weight excluding hydrogens is 424 g/mol. The third kappa shape index (κ3) is 6.31. The van der Waals surface area contributed by atoms with Crippen LogP contribution in [0.1, 0.15) is 43.9 Å². The summed E-state index contributed by atoms with van der Waals surface area (Å²) in [5.41, 5.74) is 12.0. The molecule has 0 heterocycles. The van der Waals surface area contributed by atoms with Gasteiger partial charge in [-0.15, -0.1) is 5.10 Å². The summed E-state index contributed by atoms with van der Waals surface area (Å²) >= 11 is 0. The first kappa shape index (κ1) is 23.8. The molecule has 0 spiro atoms. The number of hydrogen-bond donors (Lipinski definition) is 3. The molecule has 1 aliphatic rings. The maximum atomic E-state index is 12.6. The molecule has 0 saturated heterocycles. The molecule has 0 aliphatic heterocycles. The number of fused-ring (bicyclic) bond motifs is 3. The van der Waals surface area contributed by atoms with E-state index in [0.29, 0.717) is 6.29 Å². The summed E-state index contributed by atoms with van der Waals surface area (Å²) in [5.74, 6) is -0.0681. The van der Waals surface area contributed by atoms with Crippen LogP contribution >= 0.6 is 0 Å². The lowest BCUT2D eigenvalue weighted by Crippen LogP contribution is -2.46. The molecule has 1 aliphatic carbocycles. The van der Waals surface area contributed by atoms with Gasteiger partial charge in [-0.2, -0.15) is 0 Å². The molecule has 3 rings (SSSR count). The van der Waals surface area contributed by atoms with Crippen LogP contribution in [0.15, 0.2) is 47.6 Å². The van der Waals surface area contributed by atoms with E-state index in [0.717, 1.165) is 23.1 Å². The number of nitrogens with two attached hydrogens (primary N) is 1. The average Bonchev–Trinajstić information content (AvgIpc) is 3.13.